The average molecular weight is 366 g/mol. The normalized spacial score (nSPS) is 24.6. The molecule has 1 N–H and O–H groups in total. The molecule has 140 valence electrons. The molecular formula is C20H22N4O3. The lowest BCUT2D eigenvalue weighted by Crippen LogP contribution is -2.49. The summed E-state index contributed by atoms with van der Waals surface area (Å²) in [7, 11) is 1.84. The molecule has 2 unspecified atom stereocenters. The highest BCUT2D eigenvalue weighted by Gasteiger charge is 2.36. The van der Waals surface area contributed by atoms with Crippen molar-refractivity contribution in [3.63, 3.8) is 0 Å². The second kappa shape index (κ2) is 6.20. The van der Waals surface area contributed by atoms with Gasteiger partial charge < -0.3 is 14.6 Å². The van der Waals surface area contributed by atoms with Crippen LogP contribution in [0.2, 0.25) is 0 Å². The van der Waals surface area contributed by atoms with Crippen molar-refractivity contribution in [1.29, 1.82) is 0 Å². The number of carbonyl (C=O) groups is 1. The number of carbonyl (C=O) groups excluding carboxylic acids is 1. The fourth-order valence-electron chi connectivity index (χ4n) is 4.53. The number of para-hydroxylation sites is 1. The summed E-state index contributed by atoms with van der Waals surface area (Å²) >= 11 is 0. The molecule has 0 spiro atoms. The summed E-state index contributed by atoms with van der Waals surface area (Å²) in [6, 6.07) is 8.69. The molecule has 2 fully saturated rings. The zero-order valence-electron chi connectivity index (χ0n) is 15.2. The molecule has 2 saturated heterocycles. The molecule has 7 heteroatoms. The molecular weight excluding hydrogens is 344 g/mol. The summed E-state index contributed by atoms with van der Waals surface area (Å²) in [6.07, 6.45) is 5.79. The van der Waals surface area contributed by atoms with Gasteiger partial charge in [-0.2, -0.15) is 0 Å². The first-order valence-electron chi connectivity index (χ1n) is 9.48. The molecule has 0 radical (unpaired) electrons. The Balaban J connectivity index is 1.40. The highest BCUT2D eigenvalue weighted by Crippen LogP contribution is 2.29. The first kappa shape index (κ1) is 16.5. The SMILES string of the molecule is CN(C(=O)Cn1cnc2c(oc3ccccc32)c1=O)C1CC2CCC(C1)N2. The van der Waals surface area contributed by atoms with Crippen LogP contribution >= 0.6 is 0 Å². The van der Waals surface area contributed by atoms with E-state index in [1.807, 2.05) is 31.3 Å². The maximum absolute atomic E-state index is 12.8. The molecule has 0 saturated carbocycles. The topological polar surface area (TPSA) is 80.4 Å². The maximum Gasteiger partial charge on any atom is 0.297 e. The van der Waals surface area contributed by atoms with E-state index in [0.717, 1.165) is 18.2 Å². The lowest BCUT2D eigenvalue weighted by atomic mass is 9.98. The van der Waals surface area contributed by atoms with Gasteiger partial charge in [-0.25, -0.2) is 4.98 Å². The third-order valence-corrected chi connectivity index (χ3v) is 6.05. The van der Waals surface area contributed by atoms with Gasteiger partial charge in [0.05, 0.1) is 6.33 Å². The minimum Gasteiger partial charge on any atom is -0.448 e. The van der Waals surface area contributed by atoms with Gasteiger partial charge >= 0.3 is 0 Å². The summed E-state index contributed by atoms with van der Waals surface area (Å²) < 4.78 is 7.04. The Kier molecular flexibility index (Phi) is 3.79. The van der Waals surface area contributed by atoms with Crippen LogP contribution < -0.4 is 10.9 Å². The van der Waals surface area contributed by atoms with Crippen LogP contribution in [0, 0.1) is 0 Å². The third-order valence-electron chi connectivity index (χ3n) is 6.05. The number of benzene rings is 1. The van der Waals surface area contributed by atoms with E-state index in [-0.39, 0.29) is 29.6 Å². The molecule has 4 heterocycles. The van der Waals surface area contributed by atoms with E-state index in [1.54, 1.807) is 4.90 Å². The van der Waals surface area contributed by atoms with Crippen molar-refractivity contribution in [2.24, 2.45) is 0 Å². The van der Waals surface area contributed by atoms with Crippen molar-refractivity contribution >= 4 is 28.0 Å². The summed E-state index contributed by atoms with van der Waals surface area (Å²) in [5.41, 5.74) is 1.06. The first-order chi connectivity index (χ1) is 13.1. The zero-order chi connectivity index (χ0) is 18.5. The van der Waals surface area contributed by atoms with Crippen LogP contribution in [0.25, 0.3) is 22.1 Å². The second-order valence-corrected chi connectivity index (χ2v) is 7.72. The lowest BCUT2D eigenvalue weighted by Gasteiger charge is -2.35. The standard InChI is InChI=1S/C20H22N4O3/c1-23(14-8-12-6-7-13(9-14)22-12)17(25)10-24-11-21-18-15-4-2-3-5-16(15)27-19(18)20(24)26/h2-5,11-14,22H,6-10H2,1H3. The molecule has 7 nitrogen and oxygen atoms in total. The molecule has 27 heavy (non-hydrogen) atoms. The van der Waals surface area contributed by atoms with Gasteiger partial charge in [-0.1, -0.05) is 12.1 Å². The maximum atomic E-state index is 12.8. The third kappa shape index (κ3) is 2.73. The Bertz CT molecular complexity index is 1070. The minimum absolute atomic E-state index is 0.0193. The number of amides is 1. The number of nitrogens with zero attached hydrogens (tertiary/aromatic N) is 3. The van der Waals surface area contributed by atoms with Crippen LogP contribution in [0.1, 0.15) is 25.7 Å². The zero-order valence-corrected chi connectivity index (χ0v) is 15.2. The number of likely N-dealkylation sites (N-methyl/N-ethyl adjacent to an activating group) is 1. The summed E-state index contributed by atoms with van der Waals surface area (Å²) in [5, 5.41) is 4.40. The van der Waals surface area contributed by atoms with Gasteiger partial charge in [-0.3, -0.25) is 14.2 Å². The molecule has 2 aromatic heterocycles. The van der Waals surface area contributed by atoms with Gasteiger partial charge in [-0.15, -0.1) is 0 Å². The van der Waals surface area contributed by atoms with E-state index in [0.29, 0.717) is 23.2 Å². The van der Waals surface area contributed by atoms with E-state index in [9.17, 15) is 9.59 Å². The highest BCUT2D eigenvalue weighted by atomic mass is 16.3. The van der Waals surface area contributed by atoms with Crippen LogP contribution in [0.4, 0.5) is 0 Å². The van der Waals surface area contributed by atoms with Crippen molar-refractivity contribution < 1.29 is 9.21 Å². The average Bonchev–Trinajstić information content (AvgIpc) is 3.23. The fourth-order valence-corrected chi connectivity index (χ4v) is 4.53. The number of hydrogen-bond donors (Lipinski definition) is 1. The number of piperidine rings is 1. The largest absolute Gasteiger partial charge is 0.448 e. The summed E-state index contributed by atoms with van der Waals surface area (Å²) in [4.78, 5) is 31.8. The van der Waals surface area contributed by atoms with Crippen LogP contribution in [0.15, 0.2) is 39.8 Å². The molecule has 3 aromatic rings. The van der Waals surface area contributed by atoms with Crippen molar-refractivity contribution in [3.8, 4) is 0 Å². The Morgan fingerprint density at radius 1 is 1.30 bits per heavy atom. The quantitative estimate of drug-likeness (QED) is 0.766. The Morgan fingerprint density at radius 3 is 2.81 bits per heavy atom. The summed E-state index contributed by atoms with van der Waals surface area (Å²) in [5.74, 6) is -0.0688. The van der Waals surface area contributed by atoms with Gasteiger partial charge in [0, 0.05) is 30.6 Å². The molecule has 2 aliphatic heterocycles. The van der Waals surface area contributed by atoms with Gasteiger partial charge in [0.25, 0.3) is 5.56 Å². The van der Waals surface area contributed by atoms with Crippen molar-refractivity contribution in [1.82, 2.24) is 19.8 Å². The van der Waals surface area contributed by atoms with Crippen LogP contribution in [0.3, 0.4) is 0 Å². The van der Waals surface area contributed by atoms with Crippen LogP contribution in [-0.2, 0) is 11.3 Å². The van der Waals surface area contributed by atoms with Crippen molar-refractivity contribution in [2.75, 3.05) is 7.05 Å². The minimum atomic E-state index is -0.316. The first-order valence-corrected chi connectivity index (χ1v) is 9.48. The number of furan rings is 1. The van der Waals surface area contributed by atoms with Gasteiger partial charge in [0.15, 0.2) is 0 Å². The smallest absolute Gasteiger partial charge is 0.297 e. The van der Waals surface area contributed by atoms with Crippen molar-refractivity contribution in [3.05, 3.63) is 40.9 Å². The number of aromatic nitrogens is 2. The molecule has 1 amide bonds. The van der Waals surface area contributed by atoms with Crippen LogP contribution in [0.5, 0.6) is 0 Å². The van der Waals surface area contributed by atoms with Crippen LogP contribution in [-0.4, -0.2) is 45.5 Å². The number of hydrogen-bond acceptors (Lipinski definition) is 5. The second-order valence-electron chi connectivity index (χ2n) is 7.72. The number of fused-ring (bicyclic) bond motifs is 5. The van der Waals surface area contributed by atoms with E-state index in [4.69, 9.17) is 4.42 Å². The molecule has 2 bridgehead atoms. The predicted molar refractivity (Wildman–Crippen MR) is 102 cm³/mol. The monoisotopic (exact) mass is 366 g/mol. The highest BCUT2D eigenvalue weighted by molar-refractivity contribution is 6.01. The van der Waals surface area contributed by atoms with E-state index in [1.165, 1.54) is 23.7 Å². The van der Waals surface area contributed by atoms with E-state index < -0.39 is 0 Å². The van der Waals surface area contributed by atoms with E-state index in [2.05, 4.69) is 10.3 Å². The van der Waals surface area contributed by atoms with E-state index >= 15 is 0 Å². The molecule has 5 rings (SSSR count). The molecule has 2 aliphatic rings. The number of nitrogens with one attached hydrogen (secondary N) is 1. The van der Waals surface area contributed by atoms with Crippen molar-refractivity contribution in [2.45, 2.75) is 50.4 Å². The van der Waals surface area contributed by atoms with Gasteiger partial charge in [0.2, 0.25) is 11.5 Å². The predicted octanol–water partition coefficient (Wildman–Crippen LogP) is 1.88. The van der Waals surface area contributed by atoms with Gasteiger partial charge in [-0.05, 0) is 37.8 Å². The lowest BCUT2D eigenvalue weighted by molar-refractivity contribution is -0.133. The number of rotatable bonds is 3. The Labute approximate surface area is 156 Å². The van der Waals surface area contributed by atoms with Gasteiger partial charge in [0.1, 0.15) is 17.6 Å². The summed E-state index contributed by atoms with van der Waals surface area (Å²) in [6.45, 7) is -0.0193. The molecule has 1 aromatic carbocycles. The molecule has 0 aliphatic carbocycles. The molecule has 2 atom stereocenters. The fraction of sp³-hybridized carbons (Fsp3) is 0.450. The Morgan fingerprint density at radius 2 is 2.04 bits per heavy atom. The Hall–Kier alpha value is -2.67.